The molecule has 3 aromatic carbocycles. The normalized spacial score (nSPS) is 19.8. The van der Waals surface area contributed by atoms with Crippen LogP contribution in [0.15, 0.2) is 54.6 Å². The van der Waals surface area contributed by atoms with Gasteiger partial charge in [0.1, 0.15) is 0 Å². The van der Waals surface area contributed by atoms with Crippen molar-refractivity contribution in [1.82, 2.24) is 0 Å². The highest BCUT2D eigenvalue weighted by Gasteiger charge is 2.52. The molecule has 5 rings (SSSR count). The fraction of sp³-hybridized carbons (Fsp3) is 0.333. The van der Waals surface area contributed by atoms with Crippen LogP contribution in [0.3, 0.4) is 0 Å². The van der Waals surface area contributed by atoms with Crippen LogP contribution in [0.4, 0.5) is 0 Å². The molecule has 1 saturated heterocycles. The molecule has 136 valence electrons. The lowest BCUT2D eigenvalue weighted by Gasteiger charge is -2.32. The summed E-state index contributed by atoms with van der Waals surface area (Å²) in [5.74, 6) is 0. The molecule has 0 saturated carbocycles. The molecule has 0 amide bonds. The first kappa shape index (κ1) is 17.0. The maximum absolute atomic E-state index is 6.40. The van der Waals surface area contributed by atoms with Gasteiger partial charge in [-0.1, -0.05) is 54.6 Å². The Bertz CT molecular complexity index is 1040. The third-order valence-corrected chi connectivity index (χ3v) is 6.65. The molecule has 0 spiro atoms. The second kappa shape index (κ2) is 5.70. The largest absolute Gasteiger partial charge is 0.495 e. The van der Waals surface area contributed by atoms with E-state index in [1.54, 1.807) is 0 Å². The molecule has 1 heterocycles. The van der Waals surface area contributed by atoms with Crippen LogP contribution in [0.2, 0.25) is 0 Å². The van der Waals surface area contributed by atoms with Crippen molar-refractivity contribution in [3.05, 3.63) is 76.9 Å². The molecule has 3 aromatic rings. The van der Waals surface area contributed by atoms with E-state index in [1.807, 2.05) is 0 Å². The van der Waals surface area contributed by atoms with E-state index in [-0.39, 0.29) is 18.3 Å². The van der Waals surface area contributed by atoms with Crippen LogP contribution in [0.5, 0.6) is 0 Å². The van der Waals surface area contributed by atoms with Crippen molar-refractivity contribution in [1.29, 1.82) is 0 Å². The Labute approximate surface area is 161 Å². The summed E-state index contributed by atoms with van der Waals surface area (Å²) in [4.78, 5) is 0. The second-order valence-electron chi connectivity index (χ2n) is 8.86. The van der Waals surface area contributed by atoms with Crippen LogP contribution in [-0.4, -0.2) is 18.3 Å². The average molecular weight is 356 g/mol. The number of fused-ring (bicyclic) bond motifs is 4. The highest BCUT2D eigenvalue weighted by atomic mass is 16.7. The number of hydrogen-bond donors (Lipinski definition) is 0. The fourth-order valence-electron chi connectivity index (χ4n) is 4.35. The topological polar surface area (TPSA) is 18.5 Å². The van der Waals surface area contributed by atoms with Gasteiger partial charge in [0.2, 0.25) is 0 Å². The van der Waals surface area contributed by atoms with E-state index in [1.165, 1.54) is 33.0 Å². The van der Waals surface area contributed by atoms with Gasteiger partial charge in [0.15, 0.2) is 0 Å². The van der Waals surface area contributed by atoms with Crippen LogP contribution < -0.4 is 5.46 Å². The van der Waals surface area contributed by atoms with Crippen molar-refractivity contribution >= 4 is 23.4 Å². The zero-order valence-electron chi connectivity index (χ0n) is 16.5. The first-order chi connectivity index (χ1) is 12.9. The van der Waals surface area contributed by atoms with E-state index in [0.29, 0.717) is 0 Å². The number of benzene rings is 3. The molecule has 0 N–H and O–H groups in total. The van der Waals surface area contributed by atoms with Crippen molar-refractivity contribution in [2.24, 2.45) is 0 Å². The monoisotopic (exact) mass is 356 g/mol. The van der Waals surface area contributed by atoms with Crippen LogP contribution >= 0.6 is 0 Å². The Morgan fingerprint density at radius 3 is 1.93 bits per heavy atom. The van der Waals surface area contributed by atoms with Crippen LogP contribution in [0, 0.1) is 0 Å². The van der Waals surface area contributed by atoms with E-state index >= 15 is 0 Å². The molecule has 0 unspecified atom stereocenters. The molecule has 0 atom stereocenters. The summed E-state index contributed by atoms with van der Waals surface area (Å²) < 4.78 is 12.8. The zero-order chi connectivity index (χ0) is 18.8. The van der Waals surface area contributed by atoms with E-state index in [0.717, 1.165) is 18.3 Å². The zero-order valence-corrected chi connectivity index (χ0v) is 16.5. The minimum atomic E-state index is -0.332. The summed E-state index contributed by atoms with van der Waals surface area (Å²) in [5.41, 5.74) is 6.21. The van der Waals surface area contributed by atoms with Gasteiger partial charge in [0.05, 0.1) is 11.2 Å². The second-order valence-corrected chi connectivity index (χ2v) is 8.86. The summed E-state index contributed by atoms with van der Waals surface area (Å²) in [6.07, 6.45) is 1.97. The molecule has 1 fully saturated rings. The Morgan fingerprint density at radius 2 is 1.26 bits per heavy atom. The molecule has 0 aromatic heterocycles. The third-order valence-electron chi connectivity index (χ3n) is 6.65. The van der Waals surface area contributed by atoms with Gasteiger partial charge in [-0.25, -0.2) is 0 Å². The van der Waals surface area contributed by atoms with E-state index in [2.05, 4.69) is 82.3 Å². The smallest absolute Gasteiger partial charge is 0.399 e. The maximum atomic E-state index is 6.40. The molecule has 2 nitrogen and oxygen atoms in total. The van der Waals surface area contributed by atoms with E-state index < -0.39 is 0 Å². The minimum Gasteiger partial charge on any atom is -0.399 e. The first-order valence-electron chi connectivity index (χ1n) is 9.81. The summed E-state index contributed by atoms with van der Waals surface area (Å²) >= 11 is 0. The predicted molar refractivity (Wildman–Crippen MR) is 112 cm³/mol. The van der Waals surface area contributed by atoms with Gasteiger partial charge in [-0.15, -0.1) is 0 Å². The Morgan fingerprint density at radius 1 is 0.704 bits per heavy atom. The maximum Gasteiger partial charge on any atom is 0.495 e. The van der Waals surface area contributed by atoms with Crippen molar-refractivity contribution in [2.45, 2.75) is 51.7 Å². The summed E-state index contributed by atoms with van der Waals surface area (Å²) in [5, 5.41) is 2.57. The SMILES string of the molecule is CC1(C)OB(c2cc3c(c4ccccc24)Cc2ccccc2C3)OC1(C)C. The lowest BCUT2D eigenvalue weighted by molar-refractivity contribution is 0.00578. The van der Waals surface area contributed by atoms with Gasteiger partial charge in [-0.05, 0) is 79.0 Å². The predicted octanol–water partition coefficient (Wildman–Crippen LogP) is 4.63. The minimum absolute atomic E-state index is 0.331. The van der Waals surface area contributed by atoms with Crippen LogP contribution in [0.25, 0.3) is 10.8 Å². The molecule has 3 heteroatoms. The first-order valence-corrected chi connectivity index (χ1v) is 9.81. The molecular formula is C24H25BO2. The molecular weight excluding hydrogens is 331 g/mol. The highest BCUT2D eigenvalue weighted by molar-refractivity contribution is 6.65. The quantitative estimate of drug-likeness (QED) is 0.463. The third kappa shape index (κ3) is 2.56. The molecule has 1 aliphatic heterocycles. The van der Waals surface area contributed by atoms with E-state index in [4.69, 9.17) is 9.31 Å². The summed E-state index contributed by atoms with van der Waals surface area (Å²) in [7, 11) is -0.331. The van der Waals surface area contributed by atoms with Crippen molar-refractivity contribution < 1.29 is 9.31 Å². The summed E-state index contributed by atoms with van der Waals surface area (Å²) in [6.45, 7) is 8.46. The van der Waals surface area contributed by atoms with Crippen molar-refractivity contribution in [3.63, 3.8) is 0 Å². The van der Waals surface area contributed by atoms with Crippen LogP contribution in [0.1, 0.15) is 49.9 Å². The van der Waals surface area contributed by atoms with Crippen molar-refractivity contribution in [3.8, 4) is 0 Å². The number of hydrogen-bond acceptors (Lipinski definition) is 2. The van der Waals surface area contributed by atoms with Gasteiger partial charge < -0.3 is 9.31 Å². The van der Waals surface area contributed by atoms with Gasteiger partial charge in [-0.2, -0.15) is 0 Å². The van der Waals surface area contributed by atoms with Crippen molar-refractivity contribution in [2.75, 3.05) is 0 Å². The molecule has 2 aliphatic rings. The molecule has 1 aliphatic carbocycles. The lowest BCUT2D eigenvalue weighted by atomic mass is 9.72. The molecule has 27 heavy (non-hydrogen) atoms. The highest BCUT2D eigenvalue weighted by Crippen LogP contribution is 2.38. The molecule has 0 bridgehead atoms. The average Bonchev–Trinajstić information content (AvgIpc) is 2.87. The summed E-state index contributed by atoms with van der Waals surface area (Å²) in [6, 6.07) is 19.8. The number of rotatable bonds is 1. The fourth-order valence-corrected chi connectivity index (χ4v) is 4.35. The van der Waals surface area contributed by atoms with Crippen LogP contribution in [-0.2, 0) is 22.2 Å². The Hall–Kier alpha value is -2.10. The molecule has 0 radical (unpaired) electrons. The Balaban J connectivity index is 1.68. The van der Waals surface area contributed by atoms with Gasteiger partial charge in [0.25, 0.3) is 0 Å². The van der Waals surface area contributed by atoms with Gasteiger partial charge in [-0.3, -0.25) is 0 Å². The Kier molecular flexibility index (Phi) is 3.60. The van der Waals surface area contributed by atoms with Gasteiger partial charge in [0, 0.05) is 0 Å². The van der Waals surface area contributed by atoms with Gasteiger partial charge >= 0.3 is 7.12 Å². The van der Waals surface area contributed by atoms with E-state index in [9.17, 15) is 0 Å². The standard InChI is InChI=1S/C24H25BO2/c1-23(2)24(3,4)27-25(26-23)22-15-18-13-16-9-5-6-10-17(16)14-21(18)19-11-7-8-12-20(19)22/h5-12,15H,13-14H2,1-4H3. The lowest BCUT2D eigenvalue weighted by Crippen LogP contribution is -2.41.